The highest BCUT2D eigenvalue weighted by Gasteiger charge is 1.76. The molecule has 0 heteroatoms. The standard InChI is InChI=1S/C11H14/c1-2-4-6-8-10-11-9-7-5-3-1/h1-6,9,11H,7-8,10H2/b2-1-,5-3-,6-4?,11-9-. The molecule has 0 aromatic heterocycles. The van der Waals surface area contributed by atoms with Gasteiger partial charge >= 0.3 is 0 Å². The molecule has 58 valence electrons. The maximum absolute atomic E-state index is 2.24. The van der Waals surface area contributed by atoms with Gasteiger partial charge in [0.2, 0.25) is 0 Å². The molecule has 0 bridgehead atoms. The van der Waals surface area contributed by atoms with Crippen molar-refractivity contribution in [2.45, 2.75) is 19.3 Å². The molecule has 0 saturated carbocycles. The fraction of sp³-hybridized carbons (Fsp3) is 0.273. The molecule has 0 aromatic carbocycles. The summed E-state index contributed by atoms with van der Waals surface area (Å²) in [5.41, 5.74) is 0. The third-order valence-electron chi connectivity index (χ3n) is 1.54. The monoisotopic (exact) mass is 146 g/mol. The molecule has 0 saturated heterocycles. The summed E-state index contributed by atoms with van der Waals surface area (Å²) in [4.78, 5) is 0. The first-order valence-corrected chi connectivity index (χ1v) is 4.13. The molecule has 0 fully saturated rings. The van der Waals surface area contributed by atoms with Crippen molar-refractivity contribution in [2.24, 2.45) is 0 Å². The molecule has 0 unspecified atom stereocenters. The van der Waals surface area contributed by atoms with Gasteiger partial charge in [0.1, 0.15) is 0 Å². The second kappa shape index (κ2) is 5.72. The van der Waals surface area contributed by atoms with Gasteiger partial charge in [0.05, 0.1) is 0 Å². The third-order valence-corrected chi connectivity index (χ3v) is 1.54. The zero-order valence-electron chi connectivity index (χ0n) is 6.74. The van der Waals surface area contributed by atoms with E-state index < -0.39 is 0 Å². The van der Waals surface area contributed by atoms with Crippen LogP contribution in [0.25, 0.3) is 0 Å². The lowest BCUT2D eigenvalue weighted by Gasteiger charge is -1.83. The Hall–Kier alpha value is -1.04. The summed E-state index contributed by atoms with van der Waals surface area (Å²) in [5.74, 6) is 0. The Bertz CT molecular complexity index is 192. The summed E-state index contributed by atoms with van der Waals surface area (Å²) in [6.07, 6.45) is 20.5. The van der Waals surface area contributed by atoms with E-state index in [1.54, 1.807) is 0 Å². The van der Waals surface area contributed by atoms with Gasteiger partial charge in [-0.25, -0.2) is 0 Å². The minimum Gasteiger partial charge on any atom is -0.0879 e. The zero-order valence-corrected chi connectivity index (χ0v) is 6.74. The fourth-order valence-corrected chi connectivity index (χ4v) is 0.945. The molecule has 1 rings (SSSR count). The van der Waals surface area contributed by atoms with E-state index in [1.165, 1.54) is 0 Å². The SMILES string of the molecule is C1=CCC/C=C\C/C=C\C=C/1. The molecule has 0 spiro atoms. The lowest BCUT2D eigenvalue weighted by atomic mass is 10.2. The highest BCUT2D eigenvalue weighted by molar-refractivity contribution is 5.12. The van der Waals surface area contributed by atoms with Gasteiger partial charge in [0.15, 0.2) is 0 Å². The van der Waals surface area contributed by atoms with Gasteiger partial charge in [-0.3, -0.25) is 0 Å². The first-order chi connectivity index (χ1) is 5.50. The van der Waals surface area contributed by atoms with Gasteiger partial charge in [-0.15, -0.1) is 0 Å². The van der Waals surface area contributed by atoms with Gasteiger partial charge in [-0.05, 0) is 19.3 Å². The van der Waals surface area contributed by atoms with Crippen LogP contribution in [0.5, 0.6) is 0 Å². The van der Waals surface area contributed by atoms with Crippen LogP contribution in [-0.4, -0.2) is 0 Å². The average Bonchev–Trinajstić information content (AvgIpc) is 2.08. The van der Waals surface area contributed by atoms with Crippen LogP contribution in [0.2, 0.25) is 0 Å². The van der Waals surface area contributed by atoms with Crippen LogP contribution in [0, 0.1) is 0 Å². The van der Waals surface area contributed by atoms with E-state index in [4.69, 9.17) is 0 Å². The molecule has 0 aromatic rings. The van der Waals surface area contributed by atoms with Crippen molar-refractivity contribution >= 4 is 0 Å². The van der Waals surface area contributed by atoms with Crippen LogP contribution in [0.1, 0.15) is 19.3 Å². The van der Waals surface area contributed by atoms with Crippen molar-refractivity contribution in [2.75, 3.05) is 0 Å². The molecule has 11 heavy (non-hydrogen) atoms. The summed E-state index contributed by atoms with van der Waals surface area (Å²) in [6, 6.07) is 0. The van der Waals surface area contributed by atoms with E-state index in [0.717, 1.165) is 19.3 Å². The fourth-order valence-electron chi connectivity index (χ4n) is 0.945. The summed E-state index contributed by atoms with van der Waals surface area (Å²) >= 11 is 0. The molecular formula is C11H14. The van der Waals surface area contributed by atoms with Crippen molar-refractivity contribution in [3.63, 3.8) is 0 Å². The first kappa shape index (κ1) is 8.06. The lowest BCUT2D eigenvalue weighted by Crippen LogP contribution is -1.63. The van der Waals surface area contributed by atoms with Gasteiger partial charge in [-0.2, -0.15) is 0 Å². The van der Waals surface area contributed by atoms with Crippen LogP contribution in [0.15, 0.2) is 48.6 Å². The average molecular weight is 146 g/mol. The van der Waals surface area contributed by atoms with E-state index in [1.807, 2.05) is 0 Å². The maximum atomic E-state index is 2.24. The molecule has 0 radical (unpaired) electrons. The Balaban J connectivity index is 2.47. The van der Waals surface area contributed by atoms with E-state index in [9.17, 15) is 0 Å². The number of rotatable bonds is 0. The summed E-state index contributed by atoms with van der Waals surface area (Å²) in [7, 11) is 0. The minimum atomic E-state index is 1.06. The maximum Gasteiger partial charge on any atom is -0.0166 e. The topological polar surface area (TPSA) is 0 Å². The Morgan fingerprint density at radius 2 is 1.27 bits per heavy atom. The molecular weight excluding hydrogens is 132 g/mol. The second-order valence-corrected chi connectivity index (χ2v) is 2.53. The molecule has 0 amide bonds. The van der Waals surface area contributed by atoms with Crippen LogP contribution in [0.3, 0.4) is 0 Å². The highest BCUT2D eigenvalue weighted by atomic mass is 13.8. The quantitative estimate of drug-likeness (QED) is 0.459. The van der Waals surface area contributed by atoms with Crippen LogP contribution in [-0.2, 0) is 0 Å². The highest BCUT2D eigenvalue weighted by Crippen LogP contribution is 1.97. The predicted octanol–water partition coefficient (Wildman–Crippen LogP) is 3.40. The Morgan fingerprint density at radius 3 is 2.18 bits per heavy atom. The molecule has 1 aliphatic rings. The van der Waals surface area contributed by atoms with Gasteiger partial charge in [0, 0.05) is 0 Å². The first-order valence-electron chi connectivity index (χ1n) is 4.13. The van der Waals surface area contributed by atoms with E-state index in [-0.39, 0.29) is 0 Å². The van der Waals surface area contributed by atoms with Crippen molar-refractivity contribution in [3.05, 3.63) is 48.6 Å². The second-order valence-electron chi connectivity index (χ2n) is 2.53. The van der Waals surface area contributed by atoms with Gasteiger partial charge in [0.25, 0.3) is 0 Å². The van der Waals surface area contributed by atoms with E-state index in [2.05, 4.69) is 48.6 Å². The molecule has 0 atom stereocenters. The van der Waals surface area contributed by atoms with Crippen LogP contribution in [0.4, 0.5) is 0 Å². The zero-order chi connectivity index (χ0) is 7.78. The van der Waals surface area contributed by atoms with Gasteiger partial charge in [-0.1, -0.05) is 48.6 Å². The Labute approximate surface area is 68.6 Å². The molecule has 1 aliphatic carbocycles. The largest absolute Gasteiger partial charge is 0.0879 e. The van der Waals surface area contributed by atoms with Crippen LogP contribution < -0.4 is 0 Å². The molecule has 0 heterocycles. The van der Waals surface area contributed by atoms with Crippen LogP contribution >= 0.6 is 0 Å². The van der Waals surface area contributed by atoms with E-state index in [0.29, 0.717) is 0 Å². The van der Waals surface area contributed by atoms with Crippen molar-refractivity contribution in [1.82, 2.24) is 0 Å². The van der Waals surface area contributed by atoms with E-state index >= 15 is 0 Å². The van der Waals surface area contributed by atoms with Crippen molar-refractivity contribution in [1.29, 1.82) is 0 Å². The minimum absolute atomic E-state index is 1.06. The summed E-state index contributed by atoms with van der Waals surface area (Å²) < 4.78 is 0. The Kier molecular flexibility index (Phi) is 4.19. The molecule has 0 nitrogen and oxygen atoms in total. The smallest absolute Gasteiger partial charge is 0.0166 e. The Morgan fingerprint density at radius 1 is 0.545 bits per heavy atom. The normalized spacial score (nSPS) is 26.9. The summed E-state index contributed by atoms with van der Waals surface area (Å²) in [6.45, 7) is 0. The predicted molar refractivity (Wildman–Crippen MR) is 50.4 cm³/mol. The summed E-state index contributed by atoms with van der Waals surface area (Å²) in [5, 5.41) is 0. The third kappa shape index (κ3) is 4.38. The molecule has 0 aliphatic heterocycles. The van der Waals surface area contributed by atoms with Crippen molar-refractivity contribution < 1.29 is 0 Å². The van der Waals surface area contributed by atoms with Crippen molar-refractivity contribution in [3.8, 4) is 0 Å². The molecule has 0 N–H and O–H groups in total. The lowest BCUT2D eigenvalue weighted by molar-refractivity contribution is 1.04. The number of hydrogen-bond donors (Lipinski definition) is 0. The van der Waals surface area contributed by atoms with Gasteiger partial charge < -0.3 is 0 Å². The number of hydrogen-bond acceptors (Lipinski definition) is 0. The number of allylic oxidation sites excluding steroid dienone is 8.